The summed E-state index contributed by atoms with van der Waals surface area (Å²) in [4.78, 5) is 6.30. The Labute approximate surface area is 246 Å². The van der Waals surface area contributed by atoms with Crippen LogP contribution in [0.3, 0.4) is 0 Å². The molecule has 0 amide bonds. The van der Waals surface area contributed by atoms with Gasteiger partial charge in [0.05, 0.1) is 6.54 Å². The minimum absolute atomic E-state index is 0. The van der Waals surface area contributed by atoms with Crippen LogP contribution in [0.15, 0.2) is 59.6 Å². The highest BCUT2D eigenvalue weighted by molar-refractivity contribution is 7.89. The second-order valence-electron chi connectivity index (χ2n) is 10.5. The molecule has 0 radical (unpaired) electrons. The number of nitrogens with one attached hydrogen (secondary N) is 2. The number of halogens is 2. The van der Waals surface area contributed by atoms with Crippen LogP contribution in [0.2, 0.25) is 5.02 Å². The zero-order chi connectivity index (χ0) is 27.0. The molecular formula is C29H34Cl2N4O4S. The molecule has 1 saturated carbocycles. The van der Waals surface area contributed by atoms with E-state index in [2.05, 4.69) is 39.3 Å². The Morgan fingerprint density at radius 2 is 2.00 bits per heavy atom. The number of anilines is 1. The van der Waals surface area contributed by atoms with E-state index < -0.39 is 10.0 Å². The lowest BCUT2D eigenvalue weighted by molar-refractivity contribution is 0.164. The van der Waals surface area contributed by atoms with Crippen LogP contribution in [0.5, 0.6) is 11.5 Å². The number of likely N-dealkylation sites (N-methyl/N-ethyl adjacent to an activating group) is 1. The molecule has 0 bridgehead atoms. The molecule has 2 aliphatic heterocycles. The van der Waals surface area contributed by atoms with Gasteiger partial charge in [-0.3, -0.25) is 0 Å². The number of sulfonamides is 1. The normalized spacial score (nSPS) is 19.4. The van der Waals surface area contributed by atoms with Crippen LogP contribution >= 0.6 is 24.0 Å². The standard InChI is InChI=1S/C29H33ClN4O4S.ClH/c1-34-14-16-38-26-18-24(19-32-28(26)34)39(35,36)33-13-15-37-23-8-3-20-9-12-31-27(25(20)17-23)29(10-2-11-29)21-4-6-22(30)7-5-21;/h3-8,17-19,27,31,33H,2,9-16H2,1H3;1H. The topological polar surface area (TPSA) is 92.8 Å². The first kappa shape index (κ1) is 29.0. The molecule has 0 saturated heterocycles. The van der Waals surface area contributed by atoms with E-state index in [0.717, 1.165) is 36.6 Å². The summed E-state index contributed by atoms with van der Waals surface area (Å²) in [6.07, 6.45) is 5.78. The number of pyridine rings is 1. The Balaban J connectivity index is 0.00000323. The van der Waals surface area contributed by atoms with Crippen LogP contribution in [0, 0.1) is 0 Å². The summed E-state index contributed by atoms with van der Waals surface area (Å²) in [5, 5.41) is 4.54. The highest BCUT2D eigenvalue weighted by atomic mass is 35.5. The molecule has 1 aliphatic carbocycles. The van der Waals surface area contributed by atoms with Crippen molar-refractivity contribution in [2.24, 2.45) is 0 Å². The van der Waals surface area contributed by atoms with Gasteiger partial charge in [-0.2, -0.15) is 0 Å². The highest BCUT2D eigenvalue weighted by Crippen LogP contribution is 2.53. The first-order valence-electron chi connectivity index (χ1n) is 13.4. The fraction of sp³-hybridized carbons (Fsp3) is 0.414. The molecule has 2 N–H and O–H groups in total. The zero-order valence-electron chi connectivity index (χ0n) is 22.4. The van der Waals surface area contributed by atoms with Gasteiger partial charge in [-0.15, -0.1) is 12.4 Å². The average Bonchev–Trinajstić information content (AvgIpc) is 2.91. The second-order valence-corrected chi connectivity index (χ2v) is 12.7. The third-order valence-electron chi connectivity index (χ3n) is 8.22. The number of benzene rings is 2. The molecule has 1 unspecified atom stereocenters. The van der Waals surface area contributed by atoms with Gasteiger partial charge in [-0.25, -0.2) is 18.1 Å². The van der Waals surface area contributed by atoms with Crippen molar-refractivity contribution in [1.29, 1.82) is 0 Å². The molecule has 1 atom stereocenters. The van der Waals surface area contributed by atoms with E-state index >= 15 is 0 Å². The van der Waals surface area contributed by atoms with E-state index in [1.165, 1.54) is 35.4 Å². The fourth-order valence-electron chi connectivity index (χ4n) is 5.98. The van der Waals surface area contributed by atoms with Crippen LogP contribution in [-0.4, -0.2) is 53.3 Å². The van der Waals surface area contributed by atoms with Crippen LogP contribution in [0.1, 0.15) is 42.0 Å². The van der Waals surface area contributed by atoms with E-state index in [1.807, 2.05) is 30.1 Å². The number of nitrogens with zero attached hydrogens (tertiary/aromatic N) is 2. The average molecular weight is 606 g/mol. The fourth-order valence-corrected chi connectivity index (χ4v) is 7.08. The molecule has 0 spiro atoms. The molecule has 1 fully saturated rings. The van der Waals surface area contributed by atoms with Crippen molar-refractivity contribution in [3.63, 3.8) is 0 Å². The summed E-state index contributed by atoms with van der Waals surface area (Å²) in [6.45, 7) is 2.48. The molecular weight excluding hydrogens is 571 g/mol. The Hall–Kier alpha value is -2.56. The van der Waals surface area contributed by atoms with E-state index in [4.69, 9.17) is 21.1 Å². The largest absolute Gasteiger partial charge is 0.492 e. The Kier molecular flexibility index (Phi) is 8.50. The molecule has 6 rings (SSSR count). The first-order chi connectivity index (χ1) is 18.9. The van der Waals surface area contributed by atoms with E-state index in [-0.39, 0.29) is 41.9 Å². The summed E-state index contributed by atoms with van der Waals surface area (Å²) in [7, 11) is -1.84. The van der Waals surface area contributed by atoms with E-state index in [9.17, 15) is 8.42 Å². The van der Waals surface area contributed by atoms with Gasteiger partial charge >= 0.3 is 0 Å². The van der Waals surface area contributed by atoms with Gasteiger partial charge in [0.1, 0.15) is 23.9 Å². The lowest BCUT2D eigenvalue weighted by Crippen LogP contribution is -2.49. The molecule has 40 heavy (non-hydrogen) atoms. The number of fused-ring (bicyclic) bond motifs is 2. The molecule has 3 aliphatic rings. The van der Waals surface area contributed by atoms with Crippen molar-refractivity contribution >= 4 is 39.8 Å². The van der Waals surface area contributed by atoms with Crippen LogP contribution in [0.25, 0.3) is 0 Å². The molecule has 8 nitrogen and oxygen atoms in total. The maximum absolute atomic E-state index is 12.9. The minimum atomic E-state index is -3.75. The lowest BCUT2D eigenvalue weighted by Gasteiger charge is -2.50. The van der Waals surface area contributed by atoms with Gasteiger partial charge in [0.25, 0.3) is 0 Å². The molecule has 214 valence electrons. The Morgan fingerprint density at radius 1 is 1.20 bits per heavy atom. The number of hydrogen-bond donors (Lipinski definition) is 2. The highest BCUT2D eigenvalue weighted by Gasteiger charge is 2.47. The second kappa shape index (κ2) is 11.7. The Bertz CT molecular complexity index is 1470. The first-order valence-corrected chi connectivity index (χ1v) is 15.3. The predicted octanol–water partition coefficient (Wildman–Crippen LogP) is 4.65. The van der Waals surface area contributed by atoms with Crippen LogP contribution in [-0.2, 0) is 21.9 Å². The van der Waals surface area contributed by atoms with Gasteiger partial charge in [-0.1, -0.05) is 36.2 Å². The molecule has 3 aromatic rings. The molecule has 1 aromatic heterocycles. The van der Waals surface area contributed by atoms with Gasteiger partial charge < -0.3 is 19.7 Å². The third-order valence-corrected chi connectivity index (χ3v) is 9.90. The third kappa shape index (κ3) is 5.50. The van der Waals surface area contributed by atoms with Gasteiger partial charge in [0.2, 0.25) is 10.0 Å². The van der Waals surface area contributed by atoms with Crippen LogP contribution < -0.4 is 24.4 Å². The van der Waals surface area contributed by atoms with Crippen LogP contribution in [0.4, 0.5) is 5.82 Å². The van der Waals surface area contributed by atoms with E-state index in [0.29, 0.717) is 24.7 Å². The summed E-state index contributed by atoms with van der Waals surface area (Å²) >= 11 is 6.18. The molecule has 2 aromatic carbocycles. The number of ether oxygens (including phenoxy) is 2. The monoisotopic (exact) mass is 604 g/mol. The summed E-state index contributed by atoms with van der Waals surface area (Å²) in [5.41, 5.74) is 3.95. The molecule has 3 heterocycles. The number of aromatic nitrogens is 1. The quantitative estimate of drug-likeness (QED) is 0.361. The molecule has 11 heteroatoms. The van der Waals surface area contributed by atoms with Crippen molar-refractivity contribution in [2.75, 3.05) is 44.8 Å². The maximum Gasteiger partial charge on any atom is 0.242 e. The SMILES string of the molecule is CN1CCOc2cc(S(=O)(=O)NCCOc3ccc4c(c3)C(C3(c5ccc(Cl)cc5)CCC3)NCC4)cnc21.Cl. The summed E-state index contributed by atoms with van der Waals surface area (Å²) in [5.74, 6) is 1.85. The summed E-state index contributed by atoms with van der Waals surface area (Å²) in [6, 6.07) is 16.2. The van der Waals surface area contributed by atoms with Crippen molar-refractivity contribution in [3.8, 4) is 11.5 Å². The van der Waals surface area contributed by atoms with Crippen molar-refractivity contribution in [3.05, 3.63) is 76.4 Å². The van der Waals surface area contributed by atoms with Crippen molar-refractivity contribution in [2.45, 2.75) is 42.0 Å². The smallest absolute Gasteiger partial charge is 0.242 e. The van der Waals surface area contributed by atoms with E-state index in [1.54, 1.807) is 0 Å². The van der Waals surface area contributed by atoms with Crippen molar-refractivity contribution < 1.29 is 17.9 Å². The maximum atomic E-state index is 12.9. The Morgan fingerprint density at radius 3 is 2.75 bits per heavy atom. The van der Waals surface area contributed by atoms with Gasteiger partial charge in [0, 0.05) is 42.3 Å². The number of hydrogen-bond acceptors (Lipinski definition) is 7. The predicted molar refractivity (Wildman–Crippen MR) is 159 cm³/mol. The van der Waals surface area contributed by atoms with Gasteiger partial charge in [0.15, 0.2) is 11.6 Å². The minimum Gasteiger partial charge on any atom is -0.492 e. The lowest BCUT2D eigenvalue weighted by atomic mass is 9.58. The zero-order valence-corrected chi connectivity index (χ0v) is 24.7. The number of rotatable bonds is 8. The van der Waals surface area contributed by atoms with Gasteiger partial charge in [-0.05, 0) is 66.8 Å². The van der Waals surface area contributed by atoms with Crippen molar-refractivity contribution in [1.82, 2.24) is 15.0 Å². The summed E-state index contributed by atoms with van der Waals surface area (Å²) < 4.78 is 40.0.